The van der Waals surface area contributed by atoms with Gasteiger partial charge >= 0.3 is 11.9 Å². The highest BCUT2D eigenvalue weighted by molar-refractivity contribution is 6.27. The number of aliphatic carboxylic acids is 2. The predicted molar refractivity (Wildman–Crippen MR) is 97.9 cm³/mol. The lowest BCUT2D eigenvalue weighted by atomic mass is 10.2. The van der Waals surface area contributed by atoms with Gasteiger partial charge in [-0.25, -0.2) is 9.59 Å². The van der Waals surface area contributed by atoms with E-state index >= 15 is 0 Å². The number of nitrogens with one attached hydrogen (secondary N) is 1. The maximum atomic E-state index is 9.10. The van der Waals surface area contributed by atoms with E-state index in [0.717, 1.165) is 6.54 Å². The standard InChI is InChI=1S/C16H27N3.C2H2O4/c1-14(2)19-11-9-18(10-12-19)13-15(3)17-16-7-5-4-6-8-16;3-1(4)2(5)6/h4-8,14-15,17H,9-13H2,1-3H3;(H,3,4)(H,5,6). The molecule has 1 atom stereocenters. The Labute approximate surface area is 149 Å². The normalized spacial score (nSPS) is 16.6. The molecule has 1 saturated heterocycles. The number of rotatable bonds is 5. The fourth-order valence-corrected chi connectivity index (χ4v) is 2.71. The molecule has 1 aliphatic heterocycles. The molecule has 0 saturated carbocycles. The summed E-state index contributed by atoms with van der Waals surface area (Å²) in [4.78, 5) is 23.3. The molecule has 1 fully saturated rings. The van der Waals surface area contributed by atoms with E-state index < -0.39 is 11.9 Å². The second-order valence-corrected chi connectivity index (χ2v) is 6.45. The summed E-state index contributed by atoms with van der Waals surface area (Å²) < 4.78 is 0. The van der Waals surface area contributed by atoms with E-state index in [1.54, 1.807) is 0 Å². The monoisotopic (exact) mass is 351 g/mol. The average Bonchev–Trinajstić information content (AvgIpc) is 2.56. The predicted octanol–water partition coefficient (Wildman–Crippen LogP) is 1.67. The van der Waals surface area contributed by atoms with Gasteiger partial charge in [-0.2, -0.15) is 0 Å². The summed E-state index contributed by atoms with van der Waals surface area (Å²) in [6.45, 7) is 12.8. The molecular formula is C18H29N3O4. The van der Waals surface area contributed by atoms with E-state index in [2.05, 4.69) is 66.2 Å². The fourth-order valence-electron chi connectivity index (χ4n) is 2.71. The summed E-state index contributed by atoms with van der Waals surface area (Å²) in [7, 11) is 0. The molecule has 1 aliphatic rings. The molecule has 0 amide bonds. The molecule has 7 nitrogen and oxygen atoms in total. The number of benzene rings is 1. The summed E-state index contributed by atoms with van der Waals surface area (Å²) in [5.41, 5.74) is 1.22. The van der Waals surface area contributed by atoms with Gasteiger partial charge in [-0.3, -0.25) is 9.80 Å². The number of hydrogen-bond donors (Lipinski definition) is 3. The van der Waals surface area contributed by atoms with Crippen molar-refractivity contribution in [2.75, 3.05) is 38.0 Å². The quantitative estimate of drug-likeness (QED) is 0.695. The van der Waals surface area contributed by atoms with Gasteiger partial charge in [0.25, 0.3) is 0 Å². The lowest BCUT2D eigenvalue weighted by Gasteiger charge is -2.38. The molecule has 3 N–H and O–H groups in total. The highest BCUT2D eigenvalue weighted by atomic mass is 16.4. The Morgan fingerprint density at radius 1 is 1.00 bits per heavy atom. The summed E-state index contributed by atoms with van der Waals surface area (Å²) >= 11 is 0. The highest BCUT2D eigenvalue weighted by Crippen LogP contribution is 2.10. The van der Waals surface area contributed by atoms with Crippen LogP contribution in [-0.4, -0.2) is 76.8 Å². The minimum absolute atomic E-state index is 0.494. The minimum Gasteiger partial charge on any atom is -0.473 e. The maximum Gasteiger partial charge on any atom is 0.414 e. The maximum absolute atomic E-state index is 9.10. The van der Waals surface area contributed by atoms with Crippen LogP contribution in [0.3, 0.4) is 0 Å². The largest absolute Gasteiger partial charge is 0.473 e. The number of anilines is 1. The Morgan fingerprint density at radius 2 is 1.52 bits per heavy atom. The molecule has 0 aromatic heterocycles. The topological polar surface area (TPSA) is 93.1 Å². The molecular weight excluding hydrogens is 322 g/mol. The van der Waals surface area contributed by atoms with Gasteiger partial charge in [-0.05, 0) is 32.9 Å². The fraction of sp³-hybridized carbons (Fsp3) is 0.556. The van der Waals surface area contributed by atoms with Crippen molar-refractivity contribution in [3.05, 3.63) is 30.3 Å². The van der Waals surface area contributed by atoms with Crippen LogP contribution in [0.15, 0.2) is 30.3 Å². The molecule has 0 radical (unpaired) electrons. The van der Waals surface area contributed by atoms with Crippen LogP contribution in [-0.2, 0) is 9.59 Å². The van der Waals surface area contributed by atoms with Gasteiger partial charge in [0.05, 0.1) is 0 Å². The second kappa shape index (κ2) is 10.7. The zero-order valence-electron chi connectivity index (χ0n) is 15.2. The van der Waals surface area contributed by atoms with Gasteiger partial charge in [0, 0.05) is 50.5 Å². The minimum atomic E-state index is -1.82. The van der Waals surface area contributed by atoms with Crippen molar-refractivity contribution < 1.29 is 19.8 Å². The van der Waals surface area contributed by atoms with Gasteiger partial charge in [0.2, 0.25) is 0 Å². The van der Waals surface area contributed by atoms with Crippen LogP contribution in [0, 0.1) is 0 Å². The van der Waals surface area contributed by atoms with E-state index in [9.17, 15) is 0 Å². The molecule has 0 aliphatic carbocycles. The van der Waals surface area contributed by atoms with Crippen molar-refractivity contribution in [1.82, 2.24) is 9.80 Å². The lowest BCUT2D eigenvalue weighted by Crippen LogP contribution is -2.50. The van der Waals surface area contributed by atoms with Crippen LogP contribution < -0.4 is 5.32 Å². The molecule has 7 heteroatoms. The van der Waals surface area contributed by atoms with E-state index in [4.69, 9.17) is 19.8 Å². The van der Waals surface area contributed by atoms with Crippen molar-refractivity contribution in [1.29, 1.82) is 0 Å². The van der Waals surface area contributed by atoms with Gasteiger partial charge in [0.15, 0.2) is 0 Å². The van der Waals surface area contributed by atoms with E-state index in [-0.39, 0.29) is 0 Å². The highest BCUT2D eigenvalue weighted by Gasteiger charge is 2.19. The Balaban J connectivity index is 0.000000450. The smallest absolute Gasteiger partial charge is 0.414 e. The Morgan fingerprint density at radius 3 is 1.96 bits per heavy atom. The van der Waals surface area contributed by atoms with Gasteiger partial charge in [-0.15, -0.1) is 0 Å². The third-order valence-corrected chi connectivity index (χ3v) is 4.04. The third-order valence-electron chi connectivity index (χ3n) is 4.04. The van der Waals surface area contributed by atoms with Crippen LogP contribution in [0.5, 0.6) is 0 Å². The Bertz CT molecular complexity index is 516. The first-order chi connectivity index (χ1) is 11.8. The van der Waals surface area contributed by atoms with E-state index in [0.29, 0.717) is 12.1 Å². The van der Waals surface area contributed by atoms with Crippen molar-refractivity contribution in [2.45, 2.75) is 32.9 Å². The van der Waals surface area contributed by atoms with Crippen LogP contribution in [0.2, 0.25) is 0 Å². The number of carbonyl (C=O) groups is 2. The van der Waals surface area contributed by atoms with Gasteiger partial charge < -0.3 is 15.5 Å². The van der Waals surface area contributed by atoms with E-state index in [1.165, 1.54) is 31.9 Å². The number of hydrogen-bond acceptors (Lipinski definition) is 5. The van der Waals surface area contributed by atoms with Crippen LogP contribution in [0.4, 0.5) is 5.69 Å². The summed E-state index contributed by atoms with van der Waals surface area (Å²) in [6.07, 6.45) is 0. The van der Waals surface area contributed by atoms with Crippen molar-refractivity contribution >= 4 is 17.6 Å². The molecule has 2 rings (SSSR count). The summed E-state index contributed by atoms with van der Waals surface area (Å²) in [6, 6.07) is 11.7. The molecule has 25 heavy (non-hydrogen) atoms. The molecule has 1 aromatic carbocycles. The molecule has 0 spiro atoms. The van der Waals surface area contributed by atoms with Crippen LogP contribution >= 0.6 is 0 Å². The lowest BCUT2D eigenvalue weighted by molar-refractivity contribution is -0.159. The summed E-state index contributed by atoms with van der Waals surface area (Å²) in [5.74, 6) is -3.65. The van der Waals surface area contributed by atoms with Crippen LogP contribution in [0.1, 0.15) is 20.8 Å². The number of nitrogens with zero attached hydrogens (tertiary/aromatic N) is 2. The molecule has 140 valence electrons. The van der Waals surface area contributed by atoms with Gasteiger partial charge in [0.1, 0.15) is 0 Å². The average molecular weight is 351 g/mol. The Kier molecular flexibility index (Phi) is 8.94. The van der Waals surface area contributed by atoms with Gasteiger partial charge in [-0.1, -0.05) is 18.2 Å². The summed E-state index contributed by atoms with van der Waals surface area (Å²) in [5, 5.41) is 18.4. The van der Waals surface area contributed by atoms with Crippen molar-refractivity contribution in [3.8, 4) is 0 Å². The first-order valence-electron chi connectivity index (χ1n) is 8.53. The number of carboxylic acids is 2. The molecule has 1 aromatic rings. The zero-order valence-corrected chi connectivity index (χ0v) is 15.2. The first kappa shape index (κ1) is 20.9. The number of carboxylic acid groups (broad SMARTS) is 2. The van der Waals surface area contributed by atoms with E-state index in [1.807, 2.05) is 0 Å². The first-order valence-corrected chi connectivity index (χ1v) is 8.53. The number of piperazine rings is 1. The molecule has 0 bridgehead atoms. The third kappa shape index (κ3) is 8.51. The Hall–Kier alpha value is -2.12. The molecule has 1 unspecified atom stereocenters. The molecule has 1 heterocycles. The second-order valence-electron chi connectivity index (χ2n) is 6.45. The number of para-hydroxylation sites is 1. The van der Waals surface area contributed by atoms with Crippen molar-refractivity contribution in [2.24, 2.45) is 0 Å². The van der Waals surface area contributed by atoms with Crippen molar-refractivity contribution in [3.63, 3.8) is 0 Å². The SMILES string of the molecule is CC(CN1CCN(C(C)C)CC1)Nc1ccccc1.O=C(O)C(=O)O. The zero-order chi connectivity index (χ0) is 18.8. The van der Waals surface area contributed by atoms with Crippen LogP contribution in [0.25, 0.3) is 0 Å².